The van der Waals surface area contributed by atoms with Gasteiger partial charge in [-0.2, -0.15) is 0 Å². The number of benzene rings is 1. The number of hydrogen-bond donors (Lipinski definition) is 2. The number of allylic oxidation sites excluding steroid dienone is 4. The highest BCUT2D eigenvalue weighted by atomic mass is 32.2. The van der Waals surface area contributed by atoms with Gasteiger partial charge in [-0.3, -0.25) is 14.1 Å². The lowest BCUT2D eigenvalue weighted by atomic mass is 10.0. The fourth-order valence-corrected chi connectivity index (χ4v) is 6.27. The van der Waals surface area contributed by atoms with Crippen LogP contribution in [0.5, 0.6) is 0 Å². The van der Waals surface area contributed by atoms with Crippen molar-refractivity contribution in [2.75, 3.05) is 4.72 Å². The number of pyridine rings is 1. The first kappa shape index (κ1) is 25.7. The number of imidazole rings is 1. The Labute approximate surface area is 228 Å². The highest BCUT2D eigenvalue weighted by Crippen LogP contribution is 2.32. The summed E-state index contributed by atoms with van der Waals surface area (Å²) < 4.78 is 73.1. The lowest BCUT2D eigenvalue weighted by Crippen LogP contribution is -2.18. The Bertz CT molecular complexity index is 1960. The Hall–Kier alpha value is -4.56. The maximum Gasteiger partial charge on any atom is 0.258 e. The summed E-state index contributed by atoms with van der Waals surface area (Å²) in [5.74, 6) is -4.34. The average molecular weight is 583 g/mol. The van der Waals surface area contributed by atoms with Gasteiger partial charge in [0.15, 0.2) is 10.9 Å². The molecule has 1 aromatic carbocycles. The van der Waals surface area contributed by atoms with Crippen LogP contribution in [-0.4, -0.2) is 38.7 Å². The van der Waals surface area contributed by atoms with Gasteiger partial charge < -0.3 is 4.98 Å². The summed E-state index contributed by atoms with van der Waals surface area (Å²) in [6, 6.07) is 3.28. The van der Waals surface area contributed by atoms with E-state index in [0.717, 1.165) is 18.2 Å². The van der Waals surface area contributed by atoms with Crippen molar-refractivity contribution < 1.29 is 26.4 Å². The number of ketones is 1. The molecule has 1 aliphatic rings. The number of H-pyrrole nitrogens is 1. The molecule has 5 aromatic rings. The van der Waals surface area contributed by atoms with Crippen LogP contribution in [0.3, 0.4) is 0 Å². The summed E-state index contributed by atoms with van der Waals surface area (Å²) in [6.45, 7) is 0. The standard InChI is InChI=1S/C26H17F3N6O3S2/c27-15-2-1-3-16(9-15)40(37,38)34-20-5-4-19(28)22(23(20)29)24(36)18-11-32-25-17(18)8-14(10-31-25)21-12-39-26(33-21)35-7-6-30-13-35/h2,4-13,34H,1,3H2,(H,31,32). The largest absolute Gasteiger partial charge is 0.345 e. The quantitative estimate of drug-likeness (QED) is 0.239. The zero-order valence-electron chi connectivity index (χ0n) is 20.2. The number of nitrogens with zero attached hydrogens (tertiary/aromatic N) is 4. The second-order valence-electron chi connectivity index (χ2n) is 8.76. The summed E-state index contributed by atoms with van der Waals surface area (Å²) in [5.41, 5.74) is -0.239. The molecule has 0 saturated heterocycles. The maximum absolute atomic E-state index is 15.5. The fourth-order valence-electron chi connectivity index (χ4n) is 4.25. The van der Waals surface area contributed by atoms with Gasteiger partial charge in [0, 0.05) is 46.7 Å². The summed E-state index contributed by atoms with van der Waals surface area (Å²) in [6.07, 6.45) is 10.0. The number of halogens is 3. The Morgan fingerprint density at radius 2 is 2.05 bits per heavy atom. The predicted octanol–water partition coefficient (Wildman–Crippen LogP) is 5.65. The molecule has 0 spiro atoms. The van der Waals surface area contributed by atoms with E-state index in [1.165, 1.54) is 23.6 Å². The molecule has 4 aromatic heterocycles. The number of carbonyl (C=O) groups excluding carboxylic acids is 1. The third-order valence-electron chi connectivity index (χ3n) is 6.23. The van der Waals surface area contributed by atoms with Crippen LogP contribution in [0.25, 0.3) is 27.4 Å². The summed E-state index contributed by atoms with van der Waals surface area (Å²) in [5, 5.41) is 2.74. The molecule has 0 aliphatic heterocycles. The summed E-state index contributed by atoms with van der Waals surface area (Å²) in [4.78, 5) is 28.8. The van der Waals surface area contributed by atoms with E-state index in [-0.39, 0.29) is 23.3 Å². The number of hydrogen-bond acceptors (Lipinski definition) is 7. The lowest BCUT2D eigenvalue weighted by Gasteiger charge is -2.15. The van der Waals surface area contributed by atoms with Crippen LogP contribution >= 0.6 is 11.3 Å². The number of fused-ring (bicyclic) bond motifs is 1. The molecule has 0 saturated carbocycles. The summed E-state index contributed by atoms with van der Waals surface area (Å²) in [7, 11) is -4.36. The molecule has 202 valence electrons. The van der Waals surface area contributed by atoms with Crippen LogP contribution in [-0.2, 0) is 10.0 Å². The minimum atomic E-state index is -4.36. The van der Waals surface area contributed by atoms with E-state index in [0.29, 0.717) is 27.4 Å². The van der Waals surface area contributed by atoms with Crippen molar-refractivity contribution in [3.05, 3.63) is 100 Å². The first-order valence-electron chi connectivity index (χ1n) is 11.7. The molecule has 0 atom stereocenters. The van der Waals surface area contributed by atoms with Gasteiger partial charge in [0.05, 0.1) is 21.8 Å². The Morgan fingerprint density at radius 3 is 2.83 bits per heavy atom. The normalized spacial score (nSPS) is 13.8. The highest BCUT2D eigenvalue weighted by molar-refractivity contribution is 7.96. The molecule has 9 nitrogen and oxygen atoms in total. The van der Waals surface area contributed by atoms with E-state index in [1.54, 1.807) is 40.9 Å². The smallest absolute Gasteiger partial charge is 0.258 e. The number of carbonyl (C=O) groups is 1. The molecular formula is C26H17F3N6O3S2. The molecule has 6 rings (SSSR count). The van der Waals surface area contributed by atoms with Crippen LogP contribution in [0.4, 0.5) is 18.9 Å². The van der Waals surface area contributed by atoms with Crippen LogP contribution in [0, 0.1) is 11.6 Å². The Morgan fingerprint density at radius 1 is 1.20 bits per heavy atom. The SMILES string of the molecule is O=C(c1c(F)ccc(NS(=O)(=O)C2=CC(F)=CCC2)c1F)c1c[nH]c2ncc(-c3csc(-n4ccnc4)n3)cc12. The van der Waals surface area contributed by atoms with Crippen LogP contribution in [0.15, 0.2) is 77.6 Å². The highest BCUT2D eigenvalue weighted by Gasteiger charge is 2.28. The fraction of sp³-hybridized carbons (Fsp3) is 0.0769. The van der Waals surface area contributed by atoms with E-state index < -0.39 is 44.5 Å². The number of anilines is 1. The van der Waals surface area contributed by atoms with Crippen molar-refractivity contribution in [3.63, 3.8) is 0 Å². The molecular weight excluding hydrogens is 565 g/mol. The first-order valence-corrected chi connectivity index (χ1v) is 14.1. The minimum Gasteiger partial charge on any atom is -0.345 e. The zero-order chi connectivity index (χ0) is 28.0. The Balaban J connectivity index is 1.35. The van der Waals surface area contributed by atoms with Crippen molar-refractivity contribution in [1.29, 1.82) is 0 Å². The summed E-state index contributed by atoms with van der Waals surface area (Å²) >= 11 is 1.36. The number of aromatic nitrogens is 5. The lowest BCUT2D eigenvalue weighted by molar-refractivity contribution is 0.103. The second-order valence-corrected chi connectivity index (χ2v) is 11.3. The minimum absolute atomic E-state index is 0.00479. The van der Waals surface area contributed by atoms with E-state index >= 15 is 4.39 Å². The third kappa shape index (κ3) is 4.60. The van der Waals surface area contributed by atoms with E-state index in [9.17, 15) is 22.0 Å². The molecule has 1 aliphatic carbocycles. The van der Waals surface area contributed by atoms with Gasteiger partial charge in [0.25, 0.3) is 10.0 Å². The number of nitrogens with one attached hydrogen (secondary N) is 2. The van der Waals surface area contributed by atoms with Gasteiger partial charge in [-0.1, -0.05) is 0 Å². The number of thiazole rings is 1. The molecule has 0 radical (unpaired) electrons. The van der Waals surface area contributed by atoms with Crippen molar-refractivity contribution in [2.45, 2.75) is 12.8 Å². The second kappa shape index (κ2) is 9.88. The Kier molecular flexibility index (Phi) is 6.35. The van der Waals surface area contributed by atoms with Crippen molar-refractivity contribution in [2.24, 2.45) is 0 Å². The number of rotatable bonds is 7. The maximum atomic E-state index is 15.5. The van der Waals surface area contributed by atoms with Crippen LogP contribution in [0.1, 0.15) is 28.8 Å². The van der Waals surface area contributed by atoms with Gasteiger partial charge in [0.1, 0.15) is 23.6 Å². The van der Waals surface area contributed by atoms with E-state index in [4.69, 9.17) is 0 Å². The molecule has 0 bridgehead atoms. The molecule has 14 heteroatoms. The van der Waals surface area contributed by atoms with Crippen LogP contribution < -0.4 is 4.72 Å². The first-order chi connectivity index (χ1) is 19.2. The average Bonchev–Trinajstić information content (AvgIpc) is 3.70. The van der Waals surface area contributed by atoms with E-state index in [1.807, 2.05) is 4.72 Å². The van der Waals surface area contributed by atoms with Crippen molar-refractivity contribution >= 4 is 43.9 Å². The van der Waals surface area contributed by atoms with Gasteiger partial charge in [-0.25, -0.2) is 36.5 Å². The van der Waals surface area contributed by atoms with Crippen molar-refractivity contribution in [3.8, 4) is 16.4 Å². The van der Waals surface area contributed by atoms with Gasteiger partial charge in [0.2, 0.25) is 5.78 Å². The van der Waals surface area contributed by atoms with Gasteiger partial charge in [-0.15, -0.1) is 11.3 Å². The van der Waals surface area contributed by atoms with Gasteiger partial charge in [-0.05, 0) is 43.2 Å². The third-order valence-corrected chi connectivity index (χ3v) is 8.58. The van der Waals surface area contributed by atoms with E-state index in [2.05, 4.69) is 19.9 Å². The number of sulfonamides is 1. The van der Waals surface area contributed by atoms with Gasteiger partial charge >= 0.3 is 0 Å². The molecule has 0 amide bonds. The molecule has 2 N–H and O–H groups in total. The topological polar surface area (TPSA) is 123 Å². The number of aromatic amines is 1. The zero-order valence-corrected chi connectivity index (χ0v) is 21.9. The molecule has 40 heavy (non-hydrogen) atoms. The molecule has 0 unspecified atom stereocenters. The predicted molar refractivity (Wildman–Crippen MR) is 143 cm³/mol. The molecule has 4 heterocycles. The monoisotopic (exact) mass is 582 g/mol. The van der Waals surface area contributed by atoms with Crippen LogP contribution in [0.2, 0.25) is 0 Å². The van der Waals surface area contributed by atoms with Crippen molar-refractivity contribution in [1.82, 2.24) is 24.5 Å². The molecule has 0 fully saturated rings.